The van der Waals surface area contributed by atoms with Crippen LogP contribution in [0.25, 0.3) is 0 Å². The van der Waals surface area contributed by atoms with E-state index in [9.17, 15) is 12.9 Å². The van der Waals surface area contributed by atoms with Crippen LogP contribution in [0.1, 0.15) is 19.3 Å². The third-order valence-electron chi connectivity index (χ3n) is 3.96. The van der Waals surface area contributed by atoms with E-state index < -0.39 is 12.4 Å². The van der Waals surface area contributed by atoms with Gasteiger partial charge in [-0.3, -0.25) is 0 Å². The fourth-order valence-corrected chi connectivity index (χ4v) is 2.77. The Hall–Kier alpha value is 1.15. The van der Waals surface area contributed by atoms with Crippen LogP contribution in [0.2, 0.25) is 0 Å². The number of nitrogens with zero attached hydrogens (tertiary/aromatic N) is 1. The van der Waals surface area contributed by atoms with Crippen molar-refractivity contribution in [1.82, 2.24) is 4.90 Å². The van der Waals surface area contributed by atoms with Gasteiger partial charge in [0.05, 0.1) is 0 Å². The van der Waals surface area contributed by atoms with Crippen LogP contribution in [0.5, 0.6) is 0 Å². The number of likely N-dealkylation sites (tertiary alicyclic amines) is 1. The zero-order valence-electron chi connectivity index (χ0n) is 10.9. The number of ether oxygens (including phenoxy) is 1. The molecule has 2 fully saturated rings. The number of hydrogen-bond acceptors (Lipinski definition) is 2. The first-order valence-corrected chi connectivity index (χ1v) is 6.09. The summed E-state index contributed by atoms with van der Waals surface area (Å²) < 4.78 is 42.7. The van der Waals surface area contributed by atoms with Crippen LogP contribution in [-0.2, 0) is 4.74 Å². The van der Waals surface area contributed by atoms with Crippen LogP contribution in [0, 0.1) is 5.41 Å². The molecule has 2 aliphatic heterocycles. The van der Waals surface area contributed by atoms with Gasteiger partial charge in [0, 0.05) is 19.8 Å². The molecule has 18 heavy (non-hydrogen) atoms. The molecule has 2 heterocycles. The van der Waals surface area contributed by atoms with Crippen molar-refractivity contribution in [2.24, 2.45) is 5.41 Å². The molecule has 0 atom stereocenters. The monoisotopic (exact) mass is 287 g/mol. The van der Waals surface area contributed by atoms with Crippen molar-refractivity contribution in [2.45, 2.75) is 19.3 Å². The predicted octanol–water partition coefficient (Wildman–Crippen LogP) is -0.564. The zero-order chi connectivity index (χ0) is 12.5. The molecule has 0 N–H and O–H groups in total. The first kappa shape index (κ1) is 17.2. The largest absolute Gasteiger partial charge is 1.00 e. The van der Waals surface area contributed by atoms with E-state index in [1.54, 1.807) is 0 Å². The first-order chi connectivity index (χ1) is 7.91. The van der Waals surface area contributed by atoms with Crippen molar-refractivity contribution in [3.05, 3.63) is 12.1 Å². The summed E-state index contributed by atoms with van der Waals surface area (Å²) in [6.45, 7) is 1.27. The van der Waals surface area contributed by atoms with Crippen LogP contribution in [-0.4, -0.2) is 44.7 Å². The van der Waals surface area contributed by atoms with Gasteiger partial charge >= 0.3 is 58.4 Å². The molecule has 0 unspecified atom stereocenters. The Kier molecular flexibility index (Phi) is 6.44. The maximum absolute atomic E-state index is 12.5. The van der Waals surface area contributed by atoms with Gasteiger partial charge in [-0.15, -0.1) is 12.1 Å². The SMILES string of the molecule is C=C(CN1CCC2(CCOCC2)C1)[B-](F)(F)F.[K+]. The van der Waals surface area contributed by atoms with E-state index in [2.05, 4.69) is 6.58 Å². The molecule has 0 radical (unpaired) electrons. The summed E-state index contributed by atoms with van der Waals surface area (Å²) in [6.07, 6.45) is 2.95. The molecular formula is C11H18BF3KNO. The van der Waals surface area contributed by atoms with Gasteiger partial charge in [-0.2, -0.15) is 0 Å². The van der Waals surface area contributed by atoms with Crippen molar-refractivity contribution in [1.29, 1.82) is 0 Å². The van der Waals surface area contributed by atoms with Crippen LogP contribution in [0.4, 0.5) is 12.9 Å². The summed E-state index contributed by atoms with van der Waals surface area (Å²) in [5.41, 5.74) is -0.369. The number of hydrogen-bond donors (Lipinski definition) is 0. The molecule has 0 aliphatic carbocycles. The maximum atomic E-state index is 12.5. The van der Waals surface area contributed by atoms with Crippen LogP contribution in [0.3, 0.4) is 0 Å². The summed E-state index contributed by atoms with van der Waals surface area (Å²) >= 11 is 0. The number of rotatable bonds is 3. The standard InChI is InChI=1S/C11H18BF3NO.K/c1-10(12(13,14)15)8-16-5-2-11(9-16)3-6-17-7-4-11;/h1-9H2;/q-1;+1. The summed E-state index contributed by atoms with van der Waals surface area (Å²) in [5.74, 6) is 0. The summed E-state index contributed by atoms with van der Waals surface area (Å²) in [7, 11) is 0. The van der Waals surface area contributed by atoms with Crippen molar-refractivity contribution in [3.63, 3.8) is 0 Å². The molecule has 1 spiro atoms. The van der Waals surface area contributed by atoms with Gasteiger partial charge in [0.25, 0.3) is 0 Å². The summed E-state index contributed by atoms with van der Waals surface area (Å²) in [4.78, 5) is 1.89. The van der Waals surface area contributed by atoms with E-state index in [1.807, 2.05) is 4.90 Å². The molecule has 2 aliphatic rings. The Morgan fingerprint density at radius 3 is 2.39 bits per heavy atom. The minimum Gasteiger partial charge on any atom is -0.445 e. The van der Waals surface area contributed by atoms with Crippen molar-refractivity contribution in [2.75, 3.05) is 32.8 Å². The third kappa shape index (κ3) is 4.33. The smallest absolute Gasteiger partial charge is 0.445 e. The van der Waals surface area contributed by atoms with Crippen LogP contribution in [0.15, 0.2) is 12.1 Å². The van der Waals surface area contributed by atoms with E-state index in [4.69, 9.17) is 4.74 Å². The summed E-state index contributed by atoms with van der Waals surface area (Å²) in [5, 5.41) is 0. The Labute approximate surface area is 149 Å². The minimum absolute atomic E-state index is 0. The fraction of sp³-hybridized carbons (Fsp3) is 0.818. The zero-order valence-corrected chi connectivity index (χ0v) is 14.1. The van der Waals surface area contributed by atoms with Gasteiger partial charge in [0.2, 0.25) is 0 Å². The van der Waals surface area contributed by atoms with E-state index >= 15 is 0 Å². The molecule has 0 aromatic carbocycles. The van der Waals surface area contributed by atoms with E-state index in [0.29, 0.717) is 0 Å². The molecule has 98 valence electrons. The third-order valence-corrected chi connectivity index (χ3v) is 3.96. The molecule has 0 amide bonds. The molecule has 0 saturated carbocycles. The quantitative estimate of drug-likeness (QED) is 0.645. The Morgan fingerprint density at radius 2 is 1.83 bits per heavy atom. The average molecular weight is 287 g/mol. The van der Waals surface area contributed by atoms with Crippen molar-refractivity contribution in [3.8, 4) is 0 Å². The predicted molar refractivity (Wildman–Crippen MR) is 61.8 cm³/mol. The molecule has 2 nitrogen and oxygen atoms in total. The molecule has 0 bridgehead atoms. The topological polar surface area (TPSA) is 12.5 Å². The van der Waals surface area contributed by atoms with Gasteiger partial charge in [-0.25, -0.2) is 0 Å². The van der Waals surface area contributed by atoms with E-state index in [0.717, 1.165) is 45.6 Å². The van der Waals surface area contributed by atoms with Gasteiger partial charge < -0.3 is 22.6 Å². The second-order valence-electron chi connectivity index (χ2n) is 5.31. The molecular weight excluding hydrogens is 269 g/mol. The van der Waals surface area contributed by atoms with Crippen molar-refractivity contribution >= 4 is 6.98 Å². The van der Waals surface area contributed by atoms with Gasteiger partial charge in [0.1, 0.15) is 0 Å². The second-order valence-corrected chi connectivity index (χ2v) is 5.31. The maximum Gasteiger partial charge on any atom is 1.00 e. The normalized spacial score (nSPS) is 23.9. The minimum atomic E-state index is -4.88. The van der Waals surface area contributed by atoms with E-state index in [1.165, 1.54) is 0 Å². The number of halogens is 3. The summed E-state index contributed by atoms with van der Waals surface area (Å²) in [6, 6.07) is 0. The van der Waals surface area contributed by atoms with Crippen molar-refractivity contribution < 1.29 is 69.1 Å². The molecule has 7 heteroatoms. The fourth-order valence-electron chi connectivity index (χ4n) is 2.77. The van der Waals surface area contributed by atoms with Crippen LogP contribution >= 0.6 is 0 Å². The van der Waals surface area contributed by atoms with Gasteiger partial charge in [-0.05, 0) is 37.8 Å². The Morgan fingerprint density at radius 1 is 1.22 bits per heavy atom. The van der Waals surface area contributed by atoms with Gasteiger partial charge in [0.15, 0.2) is 0 Å². The molecule has 2 rings (SSSR count). The molecule has 2 saturated heterocycles. The van der Waals surface area contributed by atoms with Crippen LogP contribution < -0.4 is 51.4 Å². The van der Waals surface area contributed by atoms with E-state index in [-0.39, 0.29) is 63.3 Å². The molecule has 0 aromatic rings. The Balaban J connectivity index is 0.00000162. The first-order valence-electron chi connectivity index (χ1n) is 6.09. The molecule has 0 aromatic heterocycles. The average Bonchev–Trinajstić information content (AvgIpc) is 2.61. The second kappa shape index (κ2) is 6.74. The van der Waals surface area contributed by atoms with Gasteiger partial charge in [-0.1, -0.05) is 0 Å². The Bertz CT molecular complexity index is 305.